The van der Waals surface area contributed by atoms with Gasteiger partial charge in [-0.2, -0.15) is 0 Å². The summed E-state index contributed by atoms with van der Waals surface area (Å²) in [6, 6.07) is 11.1. The highest BCUT2D eigenvalue weighted by molar-refractivity contribution is 5.92. The van der Waals surface area contributed by atoms with Gasteiger partial charge in [0.15, 0.2) is 0 Å². The number of hydrogen-bond acceptors (Lipinski definition) is 3. The van der Waals surface area contributed by atoms with Crippen LogP contribution in [0.15, 0.2) is 48.5 Å². The van der Waals surface area contributed by atoms with Crippen molar-refractivity contribution in [2.45, 2.75) is 19.4 Å². The van der Waals surface area contributed by atoms with Gasteiger partial charge in [-0.15, -0.1) is 0 Å². The van der Waals surface area contributed by atoms with E-state index in [1.807, 2.05) is 19.1 Å². The molecule has 1 saturated heterocycles. The molecule has 1 heterocycles. The summed E-state index contributed by atoms with van der Waals surface area (Å²) in [6.07, 6.45) is 3.22. The second kappa shape index (κ2) is 9.46. The predicted molar refractivity (Wildman–Crippen MR) is 106 cm³/mol. The molecule has 0 spiro atoms. The van der Waals surface area contributed by atoms with Crippen molar-refractivity contribution in [3.05, 3.63) is 71.3 Å². The number of amides is 1. The first-order chi connectivity index (χ1) is 13.6. The third-order valence-electron chi connectivity index (χ3n) is 4.75. The number of carbonyl (C=O) groups excluding carboxylic acids is 1. The van der Waals surface area contributed by atoms with Crippen LogP contribution in [0, 0.1) is 11.6 Å². The van der Waals surface area contributed by atoms with Gasteiger partial charge >= 0.3 is 0 Å². The highest BCUT2D eigenvalue weighted by Crippen LogP contribution is 2.23. The lowest BCUT2D eigenvalue weighted by atomic mass is 10.0. The number of morpholine rings is 1. The van der Waals surface area contributed by atoms with Gasteiger partial charge in [0, 0.05) is 30.4 Å². The van der Waals surface area contributed by atoms with Gasteiger partial charge in [-0.3, -0.25) is 4.79 Å². The molecular weight excluding hydrogens is 362 g/mol. The molecule has 0 radical (unpaired) electrons. The summed E-state index contributed by atoms with van der Waals surface area (Å²) in [7, 11) is 0. The Hall–Kier alpha value is -2.73. The molecule has 1 fully saturated rings. The third kappa shape index (κ3) is 5.16. The summed E-state index contributed by atoms with van der Waals surface area (Å²) in [5.41, 5.74) is 2.15. The van der Waals surface area contributed by atoms with E-state index >= 15 is 0 Å². The Kier molecular flexibility index (Phi) is 6.76. The van der Waals surface area contributed by atoms with E-state index in [-0.39, 0.29) is 17.5 Å². The monoisotopic (exact) mass is 386 g/mol. The number of carbonyl (C=O) groups is 1. The molecule has 28 heavy (non-hydrogen) atoms. The van der Waals surface area contributed by atoms with Crippen LogP contribution < -0.4 is 10.2 Å². The van der Waals surface area contributed by atoms with Crippen LogP contribution in [0.4, 0.5) is 14.5 Å². The topological polar surface area (TPSA) is 41.6 Å². The van der Waals surface area contributed by atoms with Crippen molar-refractivity contribution in [2.24, 2.45) is 0 Å². The molecule has 2 aromatic carbocycles. The maximum Gasteiger partial charge on any atom is 0.244 e. The van der Waals surface area contributed by atoms with Gasteiger partial charge in [0.25, 0.3) is 0 Å². The molecule has 2 aromatic rings. The first-order valence-electron chi connectivity index (χ1n) is 9.43. The summed E-state index contributed by atoms with van der Waals surface area (Å²) in [5.74, 6) is -1.48. The van der Waals surface area contributed by atoms with Crippen LogP contribution >= 0.6 is 0 Å². The zero-order valence-electron chi connectivity index (χ0n) is 15.8. The van der Waals surface area contributed by atoms with Crippen LogP contribution in [0.2, 0.25) is 0 Å². The average Bonchev–Trinajstić information content (AvgIpc) is 2.73. The van der Waals surface area contributed by atoms with E-state index in [2.05, 4.69) is 22.3 Å². The van der Waals surface area contributed by atoms with Crippen LogP contribution in [0.5, 0.6) is 0 Å². The van der Waals surface area contributed by atoms with E-state index in [1.165, 1.54) is 12.2 Å². The maximum absolute atomic E-state index is 13.7. The quantitative estimate of drug-likeness (QED) is 0.761. The van der Waals surface area contributed by atoms with Crippen molar-refractivity contribution >= 4 is 17.7 Å². The molecule has 4 nitrogen and oxygen atoms in total. The van der Waals surface area contributed by atoms with Crippen LogP contribution in [-0.4, -0.2) is 32.2 Å². The van der Waals surface area contributed by atoms with Crippen LogP contribution in [0.1, 0.15) is 30.5 Å². The van der Waals surface area contributed by atoms with Gasteiger partial charge in [-0.25, -0.2) is 8.78 Å². The van der Waals surface area contributed by atoms with E-state index in [4.69, 9.17) is 4.74 Å². The number of anilines is 1. The van der Waals surface area contributed by atoms with Crippen LogP contribution in [0.3, 0.4) is 0 Å². The third-order valence-corrected chi connectivity index (χ3v) is 4.75. The first-order valence-corrected chi connectivity index (χ1v) is 9.43. The Morgan fingerprint density at radius 2 is 2.00 bits per heavy atom. The molecule has 1 N–H and O–H groups in total. The second-order valence-electron chi connectivity index (χ2n) is 6.66. The number of halogens is 2. The Bertz CT molecular complexity index is 848. The summed E-state index contributed by atoms with van der Waals surface area (Å²) in [6.45, 7) is 5.09. The second-order valence-corrected chi connectivity index (χ2v) is 6.66. The Labute approximate surface area is 163 Å². The highest BCUT2D eigenvalue weighted by Gasteiger charge is 2.15. The Morgan fingerprint density at radius 3 is 2.75 bits per heavy atom. The molecule has 1 unspecified atom stereocenters. The van der Waals surface area contributed by atoms with Crippen molar-refractivity contribution in [3.63, 3.8) is 0 Å². The van der Waals surface area contributed by atoms with Gasteiger partial charge in [-0.1, -0.05) is 19.1 Å². The largest absolute Gasteiger partial charge is 0.378 e. The molecule has 0 aliphatic carbocycles. The normalized spacial score (nSPS) is 15.6. The summed E-state index contributed by atoms with van der Waals surface area (Å²) in [4.78, 5) is 14.6. The summed E-state index contributed by atoms with van der Waals surface area (Å²) < 4.78 is 32.3. The van der Waals surface area contributed by atoms with Crippen LogP contribution in [0.25, 0.3) is 6.08 Å². The predicted octanol–water partition coefficient (Wildman–Crippen LogP) is 4.08. The molecule has 0 saturated carbocycles. The van der Waals surface area contributed by atoms with Gasteiger partial charge < -0.3 is 15.0 Å². The van der Waals surface area contributed by atoms with Gasteiger partial charge in [0.05, 0.1) is 19.3 Å². The molecule has 6 heteroatoms. The molecule has 3 rings (SSSR count). The molecule has 148 valence electrons. The Morgan fingerprint density at radius 1 is 1.21 bits per heavy atom. The molecule has 0 bridgehead atoms. The van der Waals surface area contributed by atoms with Crippen LogP contribution in [-0.2, 0) is 9.53 Å². The molecule has 1 aliphatic heterocycles. The lowest BCUT2D eigenvalue weighted by Crippen LogP contribution is -2.36. The fraction of sp³-hybridized carbons (Fsp3) is 0.318. The maximum atomic E-state index is 13.7. The zero-order valence-corrected chi connectivity index (χ0v) is 15.8. The van der Waals surface area contributed by atoms with Crippen molar-refractivity contribution in [1.29, 1.82) is 0 Å². The van der Waals surface area contributed by atoms with E-state index in [1.54, 1.807) is 0 Å². The zero-order chi connectivity index (χ0) is 19.9. The molecule has 1 amide bonds. The SMILES string of the molecule is CCC(NC(=O)/C=C/c1cc(F)ccc1F)c1cccc(N2CCOCC2)c1. The smallest absolute Gasteiger partial charge is 0.244 e. The number of ether oxygens (including phenoxy) is 1. The number of nitrogens with one attached hydrogen (secondary N) is 1. The van der Waals surface area contributed by atoms with E-state index < -0.39 is 11.6 Å². The van der Waals surface area contributed by atoms with E-state index in [0.29, 0.717) is 19.6 Å². The minimum Gasteiger partial charge on any atom is -0.378 e. The highest BCUT2D eigenvalue weighted by atomic mass is 19.1. The molecule has 1 atom stereocenters. The minimum atomic E-state index is -0.573. The Balaban J connectivity index is 1.68. The lowest BCUT2D eigenvalue weighted by molar-refractivity contribution is -0.117. The molecule has 0 aromatic heterocycles. The van der Waals surface area contributed by atoms with Gasteiger partial charge in [0.1, 0.15) is 11.6 Å². The number of rotatable bonds is 6. The van der Waals surface area contributed by atoms with E-state index in [9.17, 15) is 13.6 Å². The number of benzene rings is 2. The standard InChI is InChI=1S/C22H24F2N2O2/c1-2-21(17-4-3-5-19(15-17)26-10-12-28-13-11-26)25-22(27)9-6-16-14-18(23)7-8-20(16)24/h3-9,14-15,21H,2,10-13H2,1H3,(H,25,27)/b9-6+. The van der Waals surface area contributed by atoms with Crippen molar-refractivity contribution in [3.8, 4) is 0 Å². The summed E-state index contributed by atoms with van der Waals surface area (Å²) >= 11 is 0. The average molecular weight is 386 g/mol. The van der Waals surface area contributed by atoms with Crippen molar-refractivity contribution in [2.75, 3.05) is 31.2 Å². The fourth-order valence-electron chi connectivity index (χ4n) is 3.21. The fourth-order valence-corrected chi connectivity index (χ4v) is 3.21. The first kappa shape index (κ1) is 20.0. The molecular formula is C22H24F2N2O2. The van der Waals surface area contributed by atoms with E-state index in [0.717, 1.165) is 42.5 Å². The lowest BCUT2D eigenvalue weighted by Gasteiger charge is -2.29. The van der Waals surface area contributed by atoms with Crippen molar-refractivity contribution in [1.82, 2.24) is 5.32 Å². The number of nitrogens with zero attached hydrogens (tertiary/aromatic N) is 1. The van der Waals surface area contributed by atoms with Gasteiger partial charge in [-0.05, 0) is 48.4 Å². The van der Waals surface area contributed by atoms with Crippen molar-refractivity contribution < 1.29 is 18.3 Å². The molecule has 1 aliphatic rings. The van der Waals surface area contributed by atoms with Gasteiger partial charge in [0.2, 0.25) is 5.91 Å². The summed E-state index contributed by atoms with van der Waals surface area (Å²) in [5, 5.41) is 2.93. The minimum absolute atomic E-state index is 0.0394. The number of hydrogen-bond donors (Lipinski definition) is 1.